The number of hydrogen-bond acceptors (Lipinski definition) is 6. The SMILES string of the molecule is CNc1cnc(COc2c(F)cccc2[N+](=O)[O-])cn1. The summed E-state index contributed by atoms with van der Waals surface area (Å²) in [5, 5.41) is 13.6. The topological polar surface area (TPSA) is 90.2 Å². The van der Waals surface area contributed by atoms with Crippen LogP contribution < -0.4 is 10.1 Å². The minimum absolute atomic E-state index is 0.112. The lowest BCUT2D eigenvalue weighted by atomic mass is 10.3. The molecule has 7 nitrogen and oxygen atoms in total. The minimum atomic E-state index is -0.793. The summed E-state index contributed by atoms with van der Waals surface area (Å²) in [7, 11) is 1.70. The van der Waals surface area contributed by atoms with E-state index in [0.717, 1.165) is 6.07 Å². The van der Waals surface area contributed by atoms with Crippen LogP contribution in [0.4, 0.5) is 15.9 Å². The van der Waals surface area contributed by atoms with Crippen LogP contribution in [0.25, 0.3) is 0 Å². The molecule has 0 fully saturated rings. The van der Waals surface area contributed by atoms with Gasteiger partial charge in [0.2, 0.25) is 5.75 Å². The molecule has 0 aliphatic carbocycles. The fourth-order valence-electron chi connectivity index (χ4n) is 1.49. The Hall–Kier alpha value is -2.77. The number of hydrogen-bond donors (Lipinski definition) is 1. The Kier molecular flexibility index (Phi) is 4.04. The van der Waals surface area contributed by atoms with Gasteiger partial charge >= 0.3 is 5.69 Å². The number of nitrogens with zero attached hydrogens (tertiary/aromatic N) is 3. The zero-order valence-corrected chi connectivity index (χ0v) is 10.5. The first kappa shape index (κ1) is 13.7. The molecule has 0 aliphatic rings. The highest BCUT2D eigenvalue weighted by molar-refractivity contribution is 5.46. The molecule has 1 aromatic carbocycles. The third-order valence-corrected chi connectivity index (χ3v) is 2.47. The van der Waals surface area contributed by atoms with Crippen LogP contribution in [-0.2, 0) is 6.61 Å². The maximum Gasteiger partial charge on any atom is 0.314 e. The maximum atomic E-state index is 13.6. The van der Waals surface area contributed by atoms with Gasteiger partial charge in [-0.15, -0.1) is 0 Å². The number of para-hydroxylation sites is 1. The summed E-state index contributed by atoms with van der Waals surface area (Å²) in [4.78, 5) is 18.1. The average Bonchev–Trinajstić information content (AvgIpc) is 2.46. The summed E-state index contributed by atoms with van der Waals surface area (Å²) in [6, 6.07) is 3.52. The summed E-state index contributed by atoms with van der Waals surface area (Å²) in [6.45, 7) is -0.112. The van der Waals surface area contributed by atoms with Gasteiger partial charge in [0.25, 0.3) is 0 Å². The number of ether oxygens (including phenoxy) is 1. The highest BCUT2D eigenvalue weighted by atomic mass is 19.1. The molecular formula is C12H11FN4O3. The molecule has 0 bridgehead atoms. The van der Waals surface area contributed by atoms with E-state index in [2.05, 4.69) is 15.3 Å². The fraction of sp³-hybridized carbons (Fsp3) is 0.167. The second kappa shape index (κ2) is 5.91. The van der Waals surface area contributed by atoms with Gasteiger partial charge in [-0.2, -0.15) is 0 Å². The lowest BCUT2D eigenvalue weighted by molar-refractivity contribution is -0.386. The Morgan fingerprint density at radius 1 is 1.40 bits per heavy atom. The van der Waals surface area contributed by atoms with E-state index >= 15 is 0 Å². The van der Waals surface area contributed by atoms with Crippen LogP contribution in [-0.4, -0.2) is 21.9 Å². The van der Waals surface area contributed by atoms with Crippen LogP contribution >= 0.6 is 0 Å². The van der Waals surface area contributed by atoms with Gasteiger partial charge in [0.05, 0.1) is 23.0 Å². The number of nitro groups is 1. The van der Waals surface area contributed by atoms with Gasteiger partial charge in [0.15, 0.2) is 5.82 Å². The standard InChI is InChI=1S/C12H11FN4O3/c1-14-11-6-15-8(5-16-11)7-20-12-9(13)3-2-4-10(12)17(18)19/h2-6H,7H2,1H3,(H,14,16). The Morgan fingerprint density at radius 3 is 2.80 bits per heavy atom. The summed E-state index contributed by atoms with van der Waals surface area (Å²) in [5.74, 6) is -0.624. The van der Waals surface area contributed by atoms with Crippen molar-refractivity contribution >= 4 is 11.5 Å². The molecule has 8 heteroatoms. The van der Waals surface area contributed by atoms with E-state index in [0.29, 0.717) is 11.5 Å². The molecule has 0 amide bonds. The van der Waals surface area contributed by atoms with E-state index in [4.69, 9.17) is 4.74 Å². The van der Waals surface area contributed by atoms with Gasteiger partial charge in [-0.05, 0) is 6.07 Å². The molecule has 2 aromatic rings. The van der Waals surface area contributed by atoms with Crippen LogP contribution in [0, 0.1) is 15.9 Å². The number of nitro benzene ring substituents is 1. The first-order valence-corrected chi connectivity index (χ1v) is 5.66. The van der Waals surface area contributed by atoms with Crippen LogP contribution in [0.3, 0.4) is 0 Å². The fourth-order valence-corrected chi connectivity index (χ4v) is 1.49. The molecule has 1 N–H and O–H groups in total. The van der Waals surface area contributed by atoms with Crippen molar-refractivity contribution < 1.29 is 14.1 Å². The number of halogens is 1. The maximum absolute atomic E-state index is 13.6. The van der Waals surface area contributed by atoms with E-state index in [9.17, 15) is 14.5 Å². The van der Waals surface area contributed by atoms with Gasteiger partial charge in [-0.1, -0.05) is 6.07 Å². The zero-order chi connectivity index (χ0) is 14.5. The van der Waals surface area contributed by atoms with Gasteiger partial charge in [0, 0.05) is 13.1 Å². The number of benzene rings is 1. The number of rotatable bonds is 5. The first-order valence-electron chi connectivity index (χ1n) is 5.66. The van der Waals surface area contributed by atoms with Gasteiger partial charge in [-0.25, -0.2) is 9.37 Å². The van der Waals surface area contributed by atoms with Crippen molar-refractivity contribution in [2.24, 2.45) is 0 Å². The van der Waals surface area contributed by atoms with Crippen molar-refractivity contribution in [3.8, 4) is 5.75 Å². The lowest BCUT2D eigenvalue weighted by Gasteiger charge is -2.07. The summed E-state index contributed by atoms with van der Waals surface area (Å²) < 4.78 is 18.7. The lowest BCUT2D eigenvalue weighted by Crippen LogP contribution is -2.04. The molecule has 0 saturated heterocycles. The molecule has 0 aliphatic heterocycles. The van der Waals surface area contributed by atoms with Crippen molar-refractivity contribution in [1.82, 2.24) is 9.97 Å². The molecule has 20 heavy (non-hydrogen) atoms. The predicted octanol–water partition coefficient (Wildman–Crippen LogP) is 2.14. The van der Waals surface area contributed by atoms with Gasteiger partial charge in [-0.3, -0.25) is 15.1 Å². The molecule has 0 spiro atoms. The van der Waals surface area contributed by atoms with Crippen LogP contribution in [0.1, 0.15) is 5.69 Å². The Balaban J connectivity index is 2.16. The molecule has 0 radical (unpaired) electrons. The van der Waals surface area contributed by atoms with E-state index in [1.807, 2.05) is 0 Å². The second-order valence-corrected chi connectivity index (χ2v) is 3.78. The number of nitrogens with one attached hydrogen (secondary N) is 1. The molecule has 0 unspecified atom stereocenters. The monoisotopic (exact) mass is 278 g/mol. The Morgan fingerprint density at radius 2 is 2.20 bits per heavy atom. The highest BCUT2D eigenvalue weighted by Gasteiger charge is 2.19. The molecule has 1 heterocycles. The van der Waals surface area contributed by atoms with Crippen molar-refractivity contribution in [1.29, 1.82) is 0 Å². The largest absolute Gasteiger partial charge is 0.478 e. The Bertz CT molecular complexity index is 619. The summed E-state index contributed by atoms with van der Waals surface area (Å²) >= 11 is 0. The predicted molar refractivity (Wildman–Crippen MR) is 69.0 cm³/mol. The third-order valence-electron chi connectivity index (χ3n) is 2.47. The molecule has 0 saturated carbocycles. The van der Waals surface area contributed by atoms with E-state index in [-0.39, 0.29) is 6.61 Å². The van der Waals surface area contributed by atoms with Crippen LogP contribution in [0.5, 0.6) is 5.75 Å². The molecule has 2 rings (SSSR count). The van der Waals surface area contributed by atoms with E-state index in [1.54, 1.807) is 7.05 Å². The number of aromatic nitrogens is 2. The van der Waals surface area contributed by atoms with Crippen molar-refractivity contribution in [2.75, 3.05) is 12.4 Å². The first-order chi connectivity index (χ1) is 9.61. The van der Waals surface area contributed by atoms with Crippen molar-refractivity contribution in [2.45, 2.75) is 6.61 Å². The molecule has 1 aromatic heterocycles. The highest BCUT2D eigenvalue weighted by Crippen LogP contribution is 2.30. The van der Waals surface area contributed by atoms with Gasteiger partial charge in [0.1, 0.15) is 12.4 Å². The van der Waals surface area contributed by atoms with Crippen molar-refractivity contribution in [3.63, 3.8) is 0 Å². The normalized spacial score (nSPS) is 10.1. The van der Waals surface area contributed by atoms with Gasteiger partial charge < -0.3 is 10.1 Å². The molecule has 0 atom stereocenters. The minimum Gasteiger partial charge on any atom is -0.478 e. The smallest absolute Gasteiger partial charge is 0.314 e. The quantitative estimate of drug-likeness (QED) is 0.665. The Labute approximate surface area is 113 Å². The summed E-state index contributed by atoms with van der Waals surface area (Å²) in [5.41, 5.74) is 0.00588. The zero-order valence-electron chi connectivity index (χ0n) is 10.5. The summed E-state index contributed by atoms with van der Waals surface area (Å²) in [6.07, 6.45) is 2.92. The van der Waals surface area contributed by atoms with E-state index in [1.165, 1.54) is 24.5 Å². The number of anilines is 1. The average molecular weight is 278 g/mol. The second-order valence-electron chi connectivity index (χ2n) is 3.78. The van der Waals surface area contributed by atoms with Crippen LogP contribution in [0.15, 0.2) is 30.6 Å². The van der Waals surface area contributed by atoms with Crippen LogP contribution in [0.2, 0.25) is 0 Å². The molecular weight excluding hydrogens is 267 g/mol. The van der Waals surface area contributed by atoms with Crippen molar-refractivity contribution in [3.05, 3.63) is 52.2 Å². The molecule has 104 valence electrons. The van der Waals surface area contributed by atoms with E-state index < -0.39 is 22.2 Å². The third kappa shape index (κ3) is 2.97.